The van der Waals surface area contributed by atoms with E-state index in [2.05, 4.69) is 10.6 Å². The fourth-order valence-corrected chi connectivity index (χ4v) is 5.61. The van der Waals surface area contributed by atoms with Crippen molar-refractivity contribution < 1.29 is 14.6 Å². The summed E-state index contributed by atoms with van der Waals surface area (Å²) in [5.41, 5.74) is 5.64. The summed E-state index contributed by atoms with van der Waals surface area (Å²) in [5, 5.41) is 22.6. The summed E-state index contributed by atoms with van der Waals surface area (Å²) in [4.78, 5) is 18.5. The number of rotatable bonds is 7. The van der Waals surface area contributed by atoms with Crippen LogP contribution in [0.4, 0.5) is 11.6 Å². The molecule has 1 aromatic heterocycles. The van der Waals surface area contributed by atoms with Crippen molar-refractivity contribution in [2.45, 2.75) is 37.7 Å². The third-order valence-corrected chi connectivity index (χ3v) is 8.02. The molecule has 1 atom stereocenters. The molecule has 3 aromatic carbocycles. The number of phenols is 1. The molecule has 39 heavy (non-hydrogen) atoms. The van der Waals surface area contributed by atoms with Crippen LogP contribution >= 0.6 is 23.4 Å². The van der Waals surface area contributed by atoms with E-state index in [0.717, 1.165) is 22.4 Å². The fraction of sp³-hybridized carbons (Fsp3) is 0.207. The molecule has 8 nitrogen and oxygen atoms in total. The summed E-state index contributed by atoms with van der Waals surface area (Å²) < 4.78 is 7.07. The first kappa shape index (κ1) is 26.6. The molecule has 0 radical (unpaired) electrons. The number of halogens is 1. The predicted molar refractivity (Wildman–Crippen MR) is 155 cm³/mol. The van der Waals surface area contributed by atoms with E-state index >= 15 is 0 Å². The van der Waals surface area contributed by atoms with Gasteiger partial charge in [-0.2, -0.15) is 4.98 Å². The number of phenolic OH excluding ortho intramolecular Hbond substituents is 1. The van der Waals surface area contributed by atoms with Gasteiger partial charge in [-0.15, -0.1) is 5.10 Å². The Kier molecular flexibility index (Phi) is 7.54. The number of hydrogen-bond donors (Lipinski definition) is 3. The number of benzene rings is 3. The zero-order chi connectivity index (χ0) is 27.7. The van der Waals surface area contributed by atoms with Gasteiger partial charge >= 0.3 is 0 Å². The van der Waals surface area contributed by atoms with E-state index in [1.165, 1.54) is 18.9 Å². The van der Waals surface area contributed by atoms with Gasteiger partial charge in [0.2, 0.25) is 11.1 Å². The van der Waals surface area contributed by atoms with Gasteiger partial charge in [0, 0.05) is 22.2 Å². The molecule has 1 aliphatic rings. The van der Waals surface area contributed by atoms with Crippen LogP contribution in [0.5, 0.6) is 11.5 Å². The van der Waals surface area contributed by atoms with Crippen molar-refractivity contribution in [3.8, 4) is 11.5 Å². The number of thioether (sulfide) groups is 1. The maximum absolute atomic E-state index is 13.8. The maximum Gasteiger partial charge on any atom is 0.255 e. The Labute approximate surface area is 236 Å². The lowest BCUT2D eigenvalue weighted by molar-refractivity contribution is -0.113. The minimum Gasteiger partial charge on any atom is -0.504 e. The van der Waals surface area contributed by atoms with Crippen LogP contribution in [0, 0.1) is 13.8 Å². The molecule has 4 aromatic rings. The van der Waals surface area contributed by atoms with Crippen LogP contribution in [0.25, 0.3) is 0 Å². The summed E-state index contributed by atoms with van der Waals surface area (Å²) in [6.07, 6.45) is 0. The van der Waals surface area contributed by atoms with E-state index < -0.39 is 6.04 Å². The lowest BCUT2D eigenvalue weighted by atomic mass is 9.94. The molecule has 1 amide bonds. The molecule has 2 heterocycles. The smallest absolute Gasteiger partial charge is 0.255 e. The van der Waals surface area contributed by atoms with Crippen LogP contribution < -0.4 is 15.4 Å². The summed E-state index contributed by atoms with van der Waals surface area (Å²) in [6.45, 7) is 5.83. The molecule has 200 valence electrons. The van der Waals surface area contributed by atoms with Gasteiger partial charge in [0.25, 0.3) is 5.91 Å². The van der Waals surface area contributed by atoms with Crippen LogP contribution in [0.2, 0.25) is 5.02 Å². The second-order valence-electron chi connectivity index (χ2n) is 9.24. The third kappa shape index (κ3) is 5.32. The molecule has 0 spiro atoms. The molecule has 0 fully saturated rings. The van der Waals surface area contributed by atoms with Crippen molar-refractivity contribution in [3.05, 3.63) is 99.2 Å². The second-order valence-corrected chi connectivity index (χ2v) is 10.6. The van der Waals surface area contributed by atoms with Crippen LogP contribution in [-0.2, 0) is 10.5 Å². The molecule has 0 aliphatic carbocycles. The molecular weight excluding hydrogens is 534 g/mol. The SMILES string of the molecule is COc1cc(C2C(C(=O)Nc3cccc(C)c3C)=C(C)Nc3nc(SCc4ccccc4Cl)nn32)ccc1O. The molecule has 1 aliphatic heterocycles. The van der Waals surface area contributed by atoms with Gasteiger partial charge in [-0.05, 0) is 67.3 Å². The lowest BCUT2D eigenvalue weighted by Crippen LogP contribution is -2.31. The highest BCUT2D eigenvalue weighted by molar-refractivity contribution is 7.98. The topological polar surface area (TPSA) is 101 Å². The number of anilines is 2. The largest absolute Gasteiger partial charge is 0.504 e. The van der Waals surface area contributed by atoms with Gasteiger partial charge in [-0.1, -0.05) is 59.8 Å². The van der Waals surface area contributed by atoms with E-state index in [0.29, 0.717) is 44.5 Å². The number of ether oxygens (including phenoxy) is 1. The van der Waals surface area contributed by atoms with Crippen LogP contribution in [0.1, 0.15) is 35.2 Å². The zero-order valence-corrected chi connectivity index (χ0v) is 23.5. The van der Waals surface area contributed by atoms with Crippen molar-refractivity contribution >= 4 is 40.9 Å². The number of carbonyl (C=O) groups is 1. The summed E-state index contributed by atoms with van der Waals surface area (Å²) in [5.74, 6) is 1.14. The number of aromatic nitrogens is 3. The normalized spacial score (nSPS) is 14.5. The van der Waals surface area contributed by atoms with Gasteiger partial charge in [0.05, 0.1) is 12.7 Å². The highest BCUT2D eigenvalue weighted by atomic mass is 35.5. The molecule has 0 saturated carbocycles. The summed E-state index contributed by atoms with van der Waals surface area (Å²) >= 11 is 7.80. The fourth-order valence-electron chi connectivity index (χ4n) is 4.49. The van der Waals surface area contributed by atoms with Crippen molar-refractivity contribution in [1.29, 1.82) is 0 Å². The van der Waals surface area contributed by atoms with Gasteiger partial charge in [-0.3, -0.25) is 4.79 Å². The van der Waals surface area contributed by atoms with E-state index in [4.69, 9.17) is 26.4 Å². The number of aromatic hydroxyl groups is 1. The third-order valence-electron chi connectivity index (χ3n) is 6.76. The first-order chi connectivity index (χ1) is 18.8. The number of nitrogens with one attached hydrogen (secondary N) is 2. The molecule has 5 rings (SSSR count). The average molecular weight is 562 g/mol. The Morgan fingerprint density at radius 3 is 2.72 bits per heavy atom. The van der Waals surface area contributed by atoms with Crippen LogP contribution in [0.3, 0.4) is 0 Å². The number of methoxy groups -OCH3 is 1. The summed E-state index contributed by atoms with van der Waals surface area (Å²) in [6, 6.07) is 17.9. The Hall–Kier alpha value is -3.95. The molecule has 3 N–H and O–H groups in total. The Balaban J connectivity index is 1.54. The lowest BCUT2D eigenvalue weighted by Gasteiger charge is -2.29. The molecule has 0 saturated heterocycles. The van der Waals surface area contributed by atoms with Crippen molar-refractivity contribution in [1.82, 2.24) is 14.8 Å². The standard InChI is InChI=1S/C29H28ClN5O3S/c1-16-8-7-11-22(17(16)2)32-27(37)25-18(3)31-28-33-29(39-15-20-9-5-6-10-21(20)30)34-35(28)26(25)19-12-13-23(36)24(14-19)38-4/h5-14,26,36H,15H2,1-4H3,(H,32,37)(H,31,33,34). The second kappa shape index (κ2) is 11.0. The first-order valence-corrected chi connectivity index (χ1v) is 13.7. The quantitative estimate of drug-likeness (QED) is 0.222. The number of hydrogen-bond acceptors (Lipinski definition) is 7. The average Bonchev–Trinajstić information content (AvgIpc) is 3.32. The van der Waals surface area contributed by atoms with Crippen molar-refractivity contribution in [3.63, 3.8) is 0 Å². The molecule has 10 heteroatoms. The predicted octanol–water partition coefficient (Wildman–Crippen LogP) is 6.48. The first-order valence-electron chi connectivity index (χ1n) is 12.3. The minimum absolute atomic E-state index is 0.00655. The van der Waals surface area contributed by atoms with Crippen LogP contribution in [-0.4, -0.2) is 32.9 Å². The number of carbonyl (C=O) groups excluding carboxylic acids is 1. The van der Waals surface area contributed by atoms with Crippen molar-refractivity contribution in [2.24, 2.45) is 0 Å². The van der Waals surface area contributed by atoms with E-state index in [-0.39, 0.29) is 11.7 Å². The number of amides is 1. The van der Waals surface area contributed by atoms with Crippen molar-refractivity contribution in [2.75, 3.05) is 17.7 Å². The highest BCUT2D eigenvalue weighted by Crippen LogP contribution is 2.40. The van der Waals surface area contributed by atoms with Crippen LogP contribution in [0.15, 0.2) is 77.1 Å². The highest BCUT2D eigenvalue weighted by Gasteiger charge is 2.35. The number of nitrogens with zero attached hydrogens (tertiary/aromatic N) is 3. The van der Waals surface area contributed by atoms with Gasteiger partial charge in [-0.25, -0.2) is 4.68 Å². The maximum atomic E-state index is 13.8. The van der Waals surface area contributed by atoms with E-state index in [1.807, 2.05) is 63.2 Å². The molecule has 1 unspecified atom stereocenters. The molecule has 0 bridgehead atoms. The summed E-state index contributed by atoms with van der Waals surface area (Å²) in [7, 11) is 1.49. The Morgan fingerprint density at radius 1 is 1.15 bits per heavy atom. The number of allylic oxidation sites excluding steroid dienone is 1. The molecular formula is C29H28ClN5O3S. The monoisotopic (exact) mass is 561 g/mol. The zero-order valence-electron chi connectivity index (χ0n) is 21.9. The Bertz CT molecular complexity index is 1600. The van der Waals surface area contributed by atoms with E-state index in [1.54, 1.807) is 22.9 Å². The number of aryl methyl sites for hydroxylation is 1. The van der Waals surface area contributed by atoms with Gasteiger partial charge < -0.3 is 20.5 Å². The minimum atomic E-state index is -0.622. The van der Waals surface area contributed by atoms with Gasteiger partial charge in [0.15, 0.2) is 11.5 Å². The number of fused-ring (bicyclic) bond motifs is 1. The van der Waals surface area contributed by atoms with Gasteiger partial charge in [0.1, 0.15) is 6.04 Å². The van der Waals surface area contributed by atoms with E-state index in [9.17, 15) is 9.90 Å². The Morgan fingerprint density at radius 2 is 1.95 bits per heavy atom.